The highest BCUT2D eigenvalue weighted by atomic mass is 32.1. The van der Waals surface area contributed by atoms with Crippen LogP contribution in [0.15, 0.2) is 53.9 Å². The van der Waals surface area contributed by atoms with E-state index in [-0.39, 0.29) is 27.8 Å². The summed E-state index contributed by atoms with van der Waals surface area (Å²) in [5, 5.41) is 15.7. The number of carboxylic acids is 1. The molecule has 10 heteroatoms. The number of benzene rings is 2. The fraction of sp³-hybridized carbons (Fsp3) is 0.0556. The molecule has 0 aliphatic carbocycles. The van der Waals surface area contributed by atoms with Crippen molar-refractivity contribution in [1.29, 1.82) is 0 Å². The van der Waals surface area contributed by atoms with E-state index >= 15 is 0 Å². The molecule has 4 aromatic rings. The number of rotatable bonds is 4. The van der Waals surface area contributed by atoms with Crippen molar-refractivity contribution in [1.82, 2.24) is 14.8 Å². The van der Waals surface area contributed by atoms with E-state index in [1.165, 1.54) is 28.3 Å². The van der Waals surface area contributed by atoms with Crippen molar-refractivity contribution < 1.29 is 27.8 Å². The molecule has 0 amide bonds. The molecule has 2 aromatic carbocycles. The number of fused-ring (bicyclic) bond motifs is 1. The number of nitrogens with zero attached hydrogens (tertiary/aromatic N) is 3. The minimum Gasteiger partial charge on any atom is -0.476 e. The standard InChI is InChI=1S/C18H10F3N3O3S/c19-18(20,21)27-14-8-4-2-6-11(14)15-10-5-1-3-7-13(10)24(23-15)17-22-12(9-28-17)16(25)26/h1-9H,(H,25,26). The maximum absolute atomic E-state index is 12.8. The predicted molar refractivity (Wildman–Crippen MR) is 95.8 cm³/mol. The molecule has 0 spiro atoms. The molecule has 0 unspecified atom stereocenters. The molecule has 0 radical (unpaired) electrons. The Bertz CT molecular complexity index is 1180. The number of thiazole rings is 1. The van der Waals surface area contributed by atoms with Crippen LogP contribution in [-0.4, -0.2) is 32.2 Å². The van der Waals surface area contributed by atoms with Crippen molar-refractivity contribution in [2.75, 3.05) is 0 Å². The Morgan fingerprint density at radius 1 is 1.11 bits per heavy atom. The van der Waals surface area contributed by atoms with Gasteiger partial charge in [0.1, 0.15) is 11.4 Å². The first-order valence-electron chi connectivity index (χ1n) is 7.85. The largest absolute Gasteiger partial charge is 0.573 e. The smallest absolute Gasteiger partial charge is 0.476 e. The summed E-state index contributed by atoms with van der Waals surface area (Å²) in [7, 11) is 0. The number of halogens is 3. The summed E-state index contributed by atoms with van der Waals surface area (Å²) in [6, 6.07) is 12.6. The lowest BCUT2D eigenvalue weighted by Crippen LogP contribution is -2.17. The van der Waals surface area contributed by atoms with Gasteiger partial charge in [0.15, 0.2) is 5.69 Å². The molecule has 0 aliphatic heterocycles. The topological polar surface area (TPSA) is 77.2 Å². The van der Waals surface area contributed by atoms with E-state index < -0.39 is 12.3 Å². The van der Waals surface area contributed by atoms with Crippen molar-refractivity contribution >= 4 is 28.2 Å². The van der Waals surface area contributed by atoms with Gasteiger partial charge >= 0.3 is 12.3 Å². The molecule has 28 heavy (non-hydrogen) atoms. The normalized spacial score (nSPS) is 11.7. The highest BCUT2D eigenvalue weighted by Gasteiger charge is 2.32. The van der Waals surface area contributed by atoms with Crippen LogP contribution in [0.25, 0.3) is 27.3 Å². The van der Waals surface area contributed by atoms with E-state index in [9.17, 15) is 18.0 Å². The van der Waals surface area contributed by atoms with Crippen molar-refractivity contribution in [3.8, 4) is 22.1 Å². The van der Waals surface area contributed by atoms with E-state index in [2.05, 4.69) is 14.8 Å². The Hall–Kier alpha value is -3.40. The van der Waals surface area contributed by atoms with Gasteiger partial charge in [-0.1, -0.05) is 30.3 Å². The fourth-order valence-electron chi connectivity index (χ4n) is 2.75. The number of ether oxygens (including phenoxy) is 1. The molecule has 0 atom stereocenters. The van der Waals surface area contributed by atoms with Gasteiger partial charge in [-0.05, 0) is 18.2 Å². The number of aromatic nitrogens is 3. The molecule has 0 saturated carbocycles. The summed E-state index contributed by atoms with van der Waals surface area (Å²) >= 11 is 1.07. The van der Waals surface area contributed by atoms with Crippen molar-refractivity contribution in [3.05, 3.63) is 59.6 Å². The van der Waals surface area contributed by atoms with Crippen LogP contribution in [0.1, 0.15) is 10.5 Å². The lowest BCUT2D eigenvalue weighted by atomic mass is 10.1. The lowest BCUT2D eigenvalue weighted by molar-refractivity contribution is -0.274. The van der Waals surface area contributed by atoms with Gasteiger partial charge in [0, 0.05) is 16.3 Å². The van der Waals surface area contributed by atoms with Crippen LogP contribution in [0.5, 0.6) is 5.75 Å². The number of alkyl halides is 3. The Balaban J connectivity index is 1.92. The number of carbonyl (C=O) groups is 1. The van der Waals surface area contributed by atoms with Crippen LogP contribution >= 0.6 is 11.3 Å². The molecule has 6 nitrogen and oxygen atoms in total. The summed E-state index contributed by atoms with van der Waals surface area (Å²) < 4.78 is 43.9. The Labute approximate surface area is 159 Å². The zero-order chi connectivity index (χ0) is 19.9. The Morgan fingerprint density at radius 3 is 2.54 bits per heavy atom. The zero-order valence-electron chi connectivity index (χ0n) is 13.8. The van der Waals surface area contributed by atoms with Gasteiger partial charge in [0.2, 0.25) is 5.13 Å². The quantitative estimate of drug-likeness (QED) is 0.530. The second kappa shape index (κ2) is 6.64. The van der Waals surface area contributed by atoms with E-state index in [0.717, 1.165) is 11.3 Å². The molecule has 0 bridgehead atoms. The van der Waals surface area contributed by atoms with Gasteiger partial charge < -0.3 is 9.84 Å². The molecular formula is C18H10F3N3O3S. The van der Waals surface area contributed by atoms with E-state index in [1.54, 1.807) is 30.3 Å². The van der Waals surface area contributed by atoms with Gasteiger partial charge in [-0.15, -0.1) is 24.5 Å². The second-order valence-corrected chi connectivity index (χ2v) is 6.48. The molecule has 2 heterocycles. The number of para-hydroxylation sites is 2. The van der Waals surface area contributed by atoms with Gasteiger partial charge in [-0.3, -0.25) is 0 Å². The molecular weight excluding hydrogens is 395 g/mol. The van der Waals surface area contributed by atoms with Crippen LogP contribution < -0.4 is 4.74 Å². The molecule has 2 aromatic heterocycles. The second-order valence-electron chi connectivity index (χ2n) is 5.64. The van der Waals surface area contributed by atoms with E-state index in [0.29, 0.717) is 10.9 Å². The van der Waals surface area contributed by atoms with Gasteiger partial charge in [-0.2, -0.15) is 5.10 Å². The van der Waals surface area contributed by atoms with Crippen molar-refractivity contribution in [2.24, 2.45) is 0 Å². The monoisotopic (exact) mass is 405 g/mol. The Kier molecular flexibility index (Phi) is 4.27. The summed E-state index contributed by atoms with van der Waals surface area (Å²) in [5.41, 5.74) is 0.861. The van der Waals surface area contributed by atoms with Crippen LogP contribution in [-0.2, 0) is 0 Å². The van der Waals surface area contributed by atoms with Crippen LogP contribution in [0.2, 0.25) is 0 Å². The minimum atomic E-state index is -4.85. The minimum absolute atomic E-state index is 0.137. The zero-order valence-corrected chi connectivity index (χ0v) is 14.7. The SMILES string of the molecule is O=C(O)c1csc(-n2nc(-c3ccccc3OC(F)(F)F)c3ccccc32)n1. The highest BCUT2D eigenvalue weighted by Crippen LogP contribution is 2.37. The third-order valence-corrected chi connectivity index (χ3v) is 4.66. The molecule has 0 aliphatic rings. The summed E-state index contributed by atoms with van der Waals surface area (Å²) in [6.45, 7) is 0. The first kappa shape index (κ1) is 18.0. The molecule has 0 saturated heterocycles. The average Bonchev–Trinajstić information content (AvgIpc) is 3.26. The molecule has 0 fully saturated rings. The first-order valence-corrected chi connectivity index (χ1v) is 8.73. The Morgan fingerprint density at radius 2 is 1.82 bits per heavy atom. The van der Waals surface area contributed by atoms with Crippen LogP contribution in [0, 0.1) is 0 Å². The van der Waals surface area contributed by atoms with Gasteiger partial charge in [0.05, 0.1) is 5.52 Å². The molecule has 1 N–H and O–H groups in total. The average molecular weight is 405 g/mol. The maximum Gasteiger partial charge on any atom is 0.573 e. The number of carboxylic acid groups (broad SMARTS) is 1. The van der Waals surface area contributed by atoms with Gasteiger partial charge in [-0.25, -0.2) is 14.5 Å². The highest BCUT2D eigenvalue weighted by molar-refractivity contribution is 7.12. The van der Waals surface area contributed by atoms with Crippen molar-refractivity contribution in [3.63, 3.8) is 0 Å². The third kappa shape index (κ3) is 3.29. The molecule has 142 valence electrons. The van der Waals surface area contributed by atoms with Gasteiger partial charge in [0.25, 0.3) is 0 Å². The summed E-state index contributed by atoms with van der Waals surface area (Å²) in [5.74, 6) is -1.56. The summed E-state index contributed by atoms with van der Waals surface area (Å²) in [6.07, 6.45) is -4.85. The maximum atomic E-state index is 12.8. The van der Waals surface area contributed by atoms with E-state index in [1.807, 2.05) is 0 Å². The lowest BCUT2D eigenvalue weighted by Gasteiger charge is -2.12. The fourth-order valence-corrected chi connectivity index (χ4v) is 3.51. The number of hydrogen-bond acceptors (Lipinski definition) is 5. The van der Waals surface area contributed by atoms with Crippen molar-refractivity contribution in [2.45, 2.75) is 6.36 Å². The van der Waals surface area contributed by atoms with Crippen LogP contribution in [0.4, 0.5) is 13.2 Å². The van der Waals surface area contributed by atoms with Crippen LogP contribution in [0.3, 0.4) is 0 Å². The predicted octanol–water partition coefficient (Wildman–Crippen LogP) is 4.75. The van der Waals surface area contributed by atoms with E-state index in [4.69, 9.17) is 5.11 Å². The number of hydrogen-bond donors (Lipinski definition) is 1. The summed E-state index contributed by atoms with van der Waals surface area (Å²) in [4.78, 5) is 15.1. The third-order valence-electron chi connectivity index (χ3n) is 3.85. The molecule has 4 rings (SSSR count). The number of aromatic carboxylic acids is 1. The first-order chi connectivity index (χ1) is 13.3.